The molecule has 1 unspecified atom stereocenters. The third-order valence-electron chi connectivity index (χ3n) is 5.55. The number of nitrogens with one attached hydrogen (secondary N) is 1. The van der Waals surface area contributed by atoms with E-state index in [4.69, 9.17) is 9.15 Å². The zero-order valence-electron chi connectivity index (χ0n) is 18.3. The molecule has 168 valence electrons. The topological polar surface area (TPSA) is 67.6 Å². The lowest BCUT2D eigenvalue weighted by molar-refractivity contribution is -0.116. The average Bonchev–Trinajstić information content (AvgIpc) is 3.50. The number of likely N-dealkylation sites (tertiary alicyclic amines) is 1. The molecule has 0 radical (unpaired) electrons. The molecule has 1 N–H and O–H groups in total. The van der Waals surface area contributed by atoms with Crippen molar-refractivity contribution < 1.29 is 13.9 Å². The third kappa shape index (κ3) is 6.08. The number of amides is 1. The summed E-state index contributed by atoms with van der Waals surface area (Å²) in [7, 11) is 0. The molecule has 0 saturated carbocycles. The summed E-state index contributed by atoms with van der Waals surface area (Å²) in [6, 6.07) is 11.6. The Hall–Kier alpha value is -2.90. The molecule has 7 heteroatoms. The SMILES string of the molecule is Cc1nc(COc2ccccc2/C=C/C(=O)NCC(c2ccco2)N2CCCCC2)cs1. The summed E-state index contributed by atoms with van der Waals surface area (Å²) in [5.41, 5.74) is 1.76. The summed E-state index contributed by atoms with van der Waals surface area (Å²) in [5, 5.41) is 6.06. The molecule has 3 heterocycles. The number of aromatic nitrogens is 1. The van der Waals surface area contributed by atoms with Gasteiger partial charge in [0.25, 0.3) is 0 Å². The Morgan fingerprint density at radius 2 is 2.09 bits per heavy atom. The number of aryl methyl sites for hydroxylation is 1. The van der Waals surface area contributed by atoms with Crippen molar-refractivity contribution in [3.8, 4) is 5.75 Å². The summed E-state index contributed by atoms with van der Waals surface area (Å²) in [6.07, 6.45) is 8.67. The van der Waals surface area contributed by atoms with Gasteiger partial charge in [-0.1, -0.05) is 24.6 Å². The number of furan rings is 1. The van der Waals surface area contributed by atoms with Crippen LogP contribution >= 0.6 is 11.3 Å². The largest absolute Gasteiger partial charge is 0.487 e. The highest BCUT2D eigenvalue weighted by Gasteiger charge is 2.24. The Labute approximate surface area is 192 Å². The van der Waals surface area contributed by atoms with E-state index in [9.17, 15) is 4.79 Å². The average molecular weight is 452 g/mol. The van der Waals surface area contributed by atoms with Crippen LogP contribution in [0.5, 0.6) is 5.75 Å². The van der Waals surface area contributed by atoms with Gasteiger partial charge in [-0.2, -0.15) is 0 Å². The van der Waals surface area contributed by atoms with Gasteiger partial charge >= 0.3 is 0 Å². The van der Waals surface area contributed by atoms with Crippen molar-refractivity contribution in [2.24, 2.45) is 0 Å². The predicted octanol–water partition coefficient (Wildman–Crippen LogP) is 4.98. The first-order valence-corrected chi connectivity index (χ1v) is 11.9. The van der Waals surface area contributed by atoms with Crippen LogP contribution in [-0.4, -0.2) is 35.4 Å². The Balaban J connectivity index is 1.35. The molecule has 1 saturated heterocycles. The molecule has 3 aromatic rings. The van der Waals surface area contributed by atoms with E-state index in [1.807, 2.05) is 48.7 Å². The molecular weight excluding hydrogens is 422 g/mol. The molecule has 1 aliphatic heterocycles. The van der Waals surface area contributed by atoms with Crippen LogP contribution in [0.25, 0.3) is 6.08 Å². The number of thiazole rings is 1. The molecule has 32 heavy (non-hydrogen) atoms. The van der Waals surface area contributed by atoms with Crippen LogP contribution in [0.2, 0.25) is 0 Å². The fourth-order valence-electron chi connectivity index (χ4n) is 3.92. The molecule has 0 bridgehead atoms. The number of nitrogens with zero attached hydrogens (tertiary/aromatic N) is 2. The Morgan fingerprint density at radius 3 is 2.84 bits per heavy atom. The van der Waals surface area contributed by atoms with Gasteiger partial charge in [0.15, 0.2) is 0 Å². The second-order valence-corrected chi connectivity index (χ2v) is 8.95. The van der Waals surface area contributed by atoms with Crippen LogP contribution in [0.3, 0.4) is 0 Å². The van der Waals surface area contributed by atoms with Crippen LogP contribution in [-0.2, 0) is 11.4 Å². The lowest BCUT2D eigenvalue weighted by Crippen LogP contribution is -2.40. The molecule has 1 amide bonds. The highest BCUT2D eigenvalue weighted by molar-refractivity contribution is 7.09. The van der Waals surface area contributed by atoms with Crippen LogP contribution in [0.15, 0.2) is 58.5 Å². The monoisotopic (exact) mass is 451 g/mol. The zero-order chi connectivity index (χ0) is 22.2. The van der Waals surface area contributed by atoms with E-state index in [1.54, 1.807) is 29.8 Å². The maximum atomic E-state index is 12.6. The zero-order valence-corrected chi connectivity index (χ0v) is 19.1. The highest BCUT2D eigenvalue weighted by atomic mass is 32.1. The number of hydrogen-bond acceptors (Lipinski definition) is 6. The normalized spacial score (nSPS) is 15.7. The summed E-state index contributed by atoms with van der Waals surface area (Å²) in [4.78, 5) is 19.4. The number of rotatable bonds is 9. The van der Waals surface area contributed by atoms with E-state index in [-0.39, 0.29) is 11.9 Å². The number of ether oxygens (including phenoxy) is 1. The van der Waals surface area contributed by atoms with Crippen molar-refractivity contribution in [2.75, 3.05) is 19.6 Å². The van der Waals surface area contributed by atoms with Crippen molar-refractivity contribution in [1.29, 1.82) is 0 Å². The Morgan fingerprint density at radius 1 is 1.25 bits per heavy atom. The van der Waals surface area contributed by atoms with Gasteiger partial charge in [0.05, 0.1) is 23.0 Å². The van der Waals surface area contributed by atoms with E-state index in [0.29, 0.717) is 13.2 Å². The van der Waals surface area contributed by atoms with E-state index in [1.165, 1.54) is 19.3 Å². The Kier molecular flexibility index (Phi) is 7.74. The molecule has 1 aromatic carbocycles. The van der Waals surface area contributed by atoms with Crippen LogP contribution < -0.4 is 10.1 Å². The van der Waals surface area contributed by atoms with Gasteiger partial charge in [-0.15, -0.1) is 11.3 Å². The van der Waals surface area contributed by atoms with Crippen molar-refractivity contribution >= 4 is 23.3 Å². The first-order chi connectivity index (χ1) is 15.7. The number of para-hydroxylation sites is 1. The fourth-order valence-corrected chi connectivity index (χ4v) is 4.52. The van der Waals surface area contributed by atoms with Crippen LogP contribution in [0, 0.1) is 6.92 Å². The van der Waals surface area contributed by atoms with Crippen LogP contribution in [0.1, 0.15) is 47.3 Å². The van der Waals surface area contributed by atoms with Crippen molar-refractivity contribution in [2.45, 2.75) is 38.8 Å². The number of hydrogen-bond donors (Lipinski definition) is 1. The molecule has 1 aliphatic rings. The third-order valence-corrected chi connectivity index (χ3v) is 6.37. The molecular formula is C25H29N3O3S. The van der Waals surface area contributed by atoms with Gasteiger partial charge in [-0.05, 0) is 57.1 Å². The number of carbonyl (C=O) groups excluding carboxylic acids is 1. The summed E-state index contributed by atoms with van der Waals surface area (Å²) >= 11 is 1.61. The molecule has 1 fully saturated rings. The van der Waals surface area contributed by atoms with E-state index in [2.05, 4.69) is 15.2 Å². The molecule has 6 nitrogen and oxygen atoms in total. The lowest BCUT2D eigenvalue weighted by atomic mass is 10.1. The van der Waals surface area contributed by atoms with E-state index in [0.717, 1.165) is 40.9 Å². The van der Waals surface area contributed by atoms with E-state index >= 15 is 0 Å². The van der Waals surface area contributed by atoms with Gasteiger partial charge in [0.1, 0.15) is 18.1 Å². The fraction of sp³-hybridized carbons (Fsp3) is 0.360. The Bertz CT molecular complexity index is 1020. The van der Waals surface area contributed by atoms with Crippen LogP contribution in [0.4, 0.5) is 0 Å². The van der Waals surface area contributed by atoms with Gasteiger partial charge < -0.3 is 14.5 Å². The smallest absolute Gasteiger partial charge is 0.244 e. The molecule has 4 rings (SSSR count). The molecule has 2 aromatic heterocycles. The maximum Gasteiger partial charge on any atom is 0.244 e. The first kappa shape index (κ1) is 22.3. The minimum atomic E-state index is -0.136. The predicted molar refractivity (Wildman–Crippen MR) is 127 cm³/mol. The summed E-state index contributed by atoms with van der Waals surface area (Å²) in [5.74, 6) is 1.49. The lowest BCUT2D eigenvalue weighted by Gasteiger charge is -2.33. The first-order valence-electron chi connectivity index (χ1n) is 11.1. The summed E-state index contributed by atoms with van der Waals surface area (Å²) < 4.78 is 11.6. The summed E-state index contributed by atoms with van der Waals surface area (Å²) in [6.45, 7) is 4.95. The number of piperidine rings is 1. The maximum absolute atomic E-state index is 12.6. The van der Waals surface area contributed by atoms with Gasteiger partial charge in [0.2, 0.25) is 5.91 Å². The molecule has 0 aliphatic carbocycles. The standard InChI is InChI=1S/C25H29N3O3S/c1-19-27-21(18-32-19)17-31-23-9-4-3-8-20(23)11-12-25(29)26-16-22(24-10-7-15-30-24)28-13-5-2-6-14-28/h3-4,7-12,15,18,22H,2,5-6,13-14,16-17H2,1H3,(H,26,29)/b12-11+. The number of benzene rings is 1. The van der Waals surface area contributed by atoms with Crippen molar-refractivity contribution in [3.05, 3.63) is 76.1 Å². The van der Waals surface area contributed by atoms with Gasteiger partial charge in [0, 0.05) is 23.6 Å². The quantitative estimate of drug-likeness (QED) is 0.465. The minimum absolute atomic E-state index is 0.0554. The second-order valence-electron chi connectivity index (χ2n) is 7.89. The van der Waals surface area contributed by atoms with Crippen molar-refractivity contribution in [3.63, 3.8) is 0 Å². The second kappa shape index (κ2) is 11.1. The van der Waals surface area contributed by atoms with Gasteiger partial charge in [-0.3, -0.25) is 9.69 Å². The van der Waals surface area contributed by atoms with Crippen molar-refractivity contribution in [1.82, 2.24) is 15.2 Å². The van der Waals surface area contributed by atoms with E-state index < -0.39 is 0 Å². The number of carbonyl (C=O) groups is 1. The highest BCUT2D eigenvalue weighted by Crippen LogP contribution is 2.25. The minimum Gasteiger partial charge on any atom is -0.487 e. The molecule has 0 spiro atoms. The van der Waals surface area contributed by atoms with Gasteiger partial charge in [-0.25, -0.2) is 4.98 Å². The molecule has 1 atom stereocenters.